The molecule has 4 heteroatoms. The number of nitrogens with one attached hydrogen (secondary N) is 1. The molecule has 17 heavy (non-hydrogen) atoms. The topological polar surface area (TPSA) is 62.8 Å². The summed E-state index contributed by atoms with van der Waals surface area (Å²) in [6.07, 6.45) is 0.0951. The van der Waals surface area contributed by atoms with E-state index in [9.17, 15) is 9.59 Å². The van der Waals surface area contributed by atoms with E-state index in [1.807, 2.05) is 32.0 Å². The van der Waals surface area contributed by atoms with Crippen LogP contribution in [0.2, 0.25) is 0 Å². The number of para-hydroxylation sites is 2. The van der Waals surface area contributed by atoms with Gasteiger partial charge in [-0.2, -0.15) is 0 Å². The Morgan fingerprint density at radius 1 is 1.35 bits per heavy atom. The molecule has 1 aromatic heterocycles. The lowest BCUT2D eigenvalue weighted by molar-refractivity contribution is -0.121. The molecule has 88 valence electrons. The lowest BCUT2D eigenvalue weighted by Gasteiger charge is -2.04. The van der Waals surface area contributed by atoms with Gasteiger partial charge in [-0.05, 0) is 12.1 Å². The molecule has 0 aliphatic rings. The molecule has 0 saturated carbocycles. The number of hydrogen-bond donors (Lipinski definition) is 1. The summed E-state index contributed by atoms with van der Waals surface area (Å²) in [5.41, 5.74) is 1.41. The van der Waals surface area contributed by atoms with E-state index in [1.165, 1.54) is 0 Å². The molecule has 1 heterocycles. The van der Waals surface area contributed by atoms with Crippen LogP contribution in [-0.4, -0.2) is 15.8 Å². The van der Waals surface area contributed by atoms with Crippen LogP contribution in [0, 0.1) is 5.92 Å². The zero-order chi connectivity index (χ0) is 12.4. The summed E-state index contributed by atoms with van der Waals surface area (Å²) in [4.78, 5) is 30.3. The summed E-state index contributed by atoms with van der Waals surface area (Å²) in [7, 11) is 0. The molecule has 1 aromatic carbocycles. The molecule has 0 aliphatic heterocycles. The van der Waals surface area contributed by atoms with Gasteiger partial charge in [-0.25, -0.2) is 4.98 Å². The number of aromatic nitrogens is 2. The van der Waals surface area contributed by atoms with E-state index in [2.05, 4.69) is 9.97 Å². The third-order valence-electron chi connectivity index (χ3n) is 2.66. The quantitative estimate of drug-likeness (QED) is 0.872. The van der Waals surface area contributed by atoms with Crippen molar-refractivity contribution >= 4 is 16.8 Å². The monoisotopic (exact) mass is 230 g/mol. The maximum atomic E-state index is 11.7. The van der Waals surface area contributed by atoms with E-state index in [0.717, 1.165) is 0 Å². The standard InChI is InChI=1S/C13H14N2O2/c1-8(2)12(16)7-11-13(17)15-10-6-4-3-5-9(10)14-11/h3-6,8H,7H2,1-2H3,(H,15,17). The fourth-order valence-electron chi connectivity index (χ4n) is 1.56. The lowest BCUT2D eigenvalue weighted by atomic mass is 10.0. The Hall–Kier alpha value is -1.97. The third-order valence-corrected chi connectivity index (χ3v) is 2.66. The summed E-state index contributed by atoms with van der Waals surface area (Å²) < 4.78 is 0. The number of Topliss-reactive ketones (excluding diaryl/α,β-unsaturated/α-hetero) is 1. The van der Waals surface area contributed by atoms with Crippen LogP contribution in [0.3, 0.4) is 0 Å². The fraction of sp³-hybridized carbons (Fsp3) is 0.308. The van der Waals surface area contributed by atoms with E-state index in [1.54, 1.807) is 6.07 Å². The Bertz CT molecular complexity index is 614. The highest BCUT2D eigenvalue weighted by molar-refractivity contribution is 5.82. The number of hydrogen-bond acceptors (Lipinski definition) is 3. The van der Waals surface area contributed by atoms with Gasteiger partial charge in [0.05, 0.1) is 17.5 Å². The van der Waals surface area contributed by atoms with Crippen LogP contribution in [0.25, 0.3) is 11.0 Å². The number of aromatic amines is 1. The number of H-pyrrole nitrogens is 1. The second-order valence-electron chi connectivity index (χ2n) is 4.33. The van der Waals surface area contributed by atoms with E-state index >= 15 is 0 Å². The van der Waals surface area contributed by atoms with Crippen LogP contribution in [-0.2, 0) is 11.2 Å². The Balaban J connectivity index is 2.44. The fourth-order valence-corrected chi connectivity index (χ4v) is 1.56. The van der Waals surface area contributed by atoms with E-state index in [4.69, 9.17) is 0 Å². The average Bonchev–Trinajstić information content (AvgIpc) is 2.29. The SMILES string of the molecule is CC(C)C(=O)Cc1nc2ccccc2[nH]c1=O. The van der Waals surface area contributed by atoms with Crippen molar-refractivity contribution in [1.82, 2.24) is 9.97 Å². The van der Waals surface area contributed by atoms with Gasteiger partial charge in [0.25, 0.3) is 5.56 Å². The second kappa shape index (κ2) is 4.49. The largest absolute Gasteiger partial charge is 0.319 e. The Labute approximate surface area is 98.7 Å². The minimum atomic E-state index is -0.280. The smallest absolute Gasteiger partial charge is 0.270 e. The number of ketones is 1. The van der Waals surface area contributed by atoms with Crippen LogP contribution < -0.4 is 5.56 Å². The number of rotatable bonds is 3. The van der Waals surface area contributed by atoms with E-state index in [-0.39, 0.29) is 23.7 Å². The van der Waals surface area contributed by atoms with Gasteiger partial charge in [0, 0.05) is 5.92 Å². The maximum absolute atomic E-state index is 11.7. The van der Waals surface area contributed by atoms with Crippen molar-refractivity contribution in [2.24, 2.45) is 5.92 Å². The highest BCUT2D eigenvalue weighted by Crippen LogP contribution is 2.07. The first-order valence-electron chi connectivity index (χ1n) is 5.58. The van der Waals surface area contributed by atoms with Crippen molar-refractivity contribution in [3.63, 3.8) is 0 Å². The predicted octanol–water partition coefficient (Wildman–Crippen LogP) is 1.69. The Morgan fingerprint density at radius 3 is 2.76 bits per heavy atom. The first kappa shape index (κ1) is 11.5. The van der Waals surface area contributed by atoms with Crippen molar-refractivity contribution in [3.05, 3.63) is 40.3 Å². The highest BCUT2D eigenvalue weighted by atomic mass is 16.1. The maximum Gasteiger partial charge on any atom is 0.270 e. The van der Waals surface area contributed by atoms with Gasteiger partial charge in [0.2, 0.25) is 0 Å². The Morgan fingerprint density at radius 2 is 2.06 bits per heavy atom. The minimum absolute atomic E-state index is 0.0262. The molecule has 0 amide bonds. The third kappa shape index (κ3) is 2.41. The number of benzene rings is 1. The molecule has 0 aliphatic carbocycles. The molecule has 4 nitrogen and oxygen atoms in total. The second-order valence-corrected chi connectivity index (χ2v) is 4.33. The van der Waals surface area contributed by atoms with Gasteiger partial charge < -0.3 is 4.98 Å². The first-order chi connectivity index (χ1) is 8.08. The zero-order valence-corrected chi connectivity index (χ0v) is 9.86. The number of nitrogens with zero attached hydrogens (tertiary/aromatic N) is 1. The summed E-state index contributed by atoms with van der Waals surface area (Å²) in [6.45, 7) is 3.63. The first-order valence-corrected chi connectivity index (χ1v) is 5.58. The molecule has 0 saturated heterocycles. The molecular weight excluding hydrogens is 216 g/mol. The summed E-state index contributed by atoms with van der Waals surface area (Å²) in [6, 6.07) is 7.28. The van der Waals surface area contributed by atoms with Gasteiger partial charge in [-0.15, -0.1) is 0 Å². The van der Waals surface area contributed by atoms with Crippen molar-refractivity contribution in [2.45, 2.75) is 20.3 Å². The summed E-state index contributed by atoms with van der Waals surface area (Å²) in [5.74, 6) is -0.0547. The molecule has 2 rings (SSSR count). The lowest BCUT2D eigenvalue weighted by Crippen LogP contribution is -2.21. The number of carbonyl (C=O) groups excluding carboxylic acids is 1. The van der Waals surface area contributed by atoms with E-state index in [0.29, 0.717) is 16.7 Å². The molecule has 0 unspecified atom stereocenters. The molecule has 1 N–H and O–H groups in total. The molecule has 0 radical (unpaired) electrons. The molecule has 0 atom stereocenters. The Kier molecular flexibility index (Phi) is 3.04. The van der Waals surface area contributed by atoms with E-state index < -0.39 is 0 Å². The van der Waals surface area contributed by atoms with Crippen molar-refractivity contribution in [2.75, 3.05) is 0 Å². The number of fused-ring (bicyclic) bond motifs is 1. The summed E-state index contributed by atoms with van der Waals surface area (Å²) in [5, 5.41) is 0. The molecule has 2 aromatic rings. The molecular formula is C13H14N2O2. The highest BCUT2D eigenvalue weighted by Gasteiger charge is 2.12. The van der Waals surface area contributed by atoms with Crippen LogP contribution in [0.4, 0.5) is 0 Å². The normalized spacial score (nSPS) is 11.0. The van der Waals surface area contributed by atoms with Gasteiger partial charge in [0.1, 0.15) is 11.5 Å². The van der Waals surface area contributed by atoms with Crippen molar-refractivity contribution < 1.29 is 4.79 Å². The van der Waals surface area contributed by atoms with Crippen LogP contribution in [0.15, 0.2) is 29.1 Å². The number of carbonyl (C=O) groups is 1. The average molecular weight is 230 g/mol. The van der Waals surface area contributed by atoms with Crippen LogP contribution in [0.5, 0.6) is 0 Å². The van der Waals surface area contributed by atoms with Gasteiger partial charge in [-0.1, -0.05) is 26.0 Å². The minimum Gasteiger partial charge on any atom is -0.319 e. The molecule has 0 fully saturated rings. The predicted molar refractivity (Wildman–Crippen MR) is 65.9 cm³/mol. The van der Waals surface area contributed by atoms with Crippen molar-refractivity contribution in [3.8, 4) is 0 Å². The molecule has 0 bridgehead atoms. The van der Waals surface area contributed by atoms with Crippen molar-refractivity contribution in [1.29, 1.82) is 0 Å². The van der Waals surface area contributed by atoms with Crippen LogP contribution in [0.1, 0.15) is 19.5 Å². The van der Waals surface area contributed by atoms with Gasteiger partial charge >= 0.3 is 0 Å². The summed E-state index contributed by atoms with van der Waals surface area (Å²) >= 11 is 0. The van der Waals surface area contributed by atoms with Gasteiger partial charge in [0.15, 0.2) is 0 Å². The van der Waals surface area contributed by atoms with Crippen LogP contribution >= 0.6 is 0 Å². The molecule has 0 spiro atoms. The zero-order valence-electron chi connectivity index (χ0n) is 9.86. The van der Waals surface area contributed by atoms with Gasteiger partial charge in [-0.3, -0.25) is 9.59 Å².